The van der Waals surface area contributed by atoms with Crippen molar-refractivity contribution in [1.29, 1.82) is 0 Å². The summed E-state index contributed by atoms with van der Waals surface area (Å²) >= 11 is 0. The van der Waals surface area contributed by atoms with E-state index in [0.29, 0.717) is 5.84 Å². The number of nitrogens with zero attached hydrogens (tertiary/aromatic N) is 3. The Balaban J connectivity index is 0.000000980. The molecule has 5 heteroatoms. The number of hydrazone groups is 1. The zero-order valence-corrected chi connectivity index (χ0v) is 8.79. The van der Waals surface area contributed by atoms with Gasteiger partial charge in [0.15, 0.2) is 0 Å². The van der Waals surface area contributed by atoms with Gasteiger partial charge in [0.25, 0.3) is 0 Å². The summed E-state index contributed by atoms with van der Waals surface area (Å²) in [5, 5.41) is 5.98. The smallest absolute Gasteiger partial charge is 0.148 e. The number of hydrogen-bond acceptors (Lipinski definition) is 4. The van der Waals surface area contributed by atoms with Crippen LogP contribution < -0.4 is 10.7 Å². The maximum Gasteiger partial charge on any atom is 0.148 e. The first-order valence-electron chi connectivity index (χ1n) is 4.29. The maximum absolute atomic E-state index is 5.57. The Morgan fingerprint density at radius 2 is 2.21 bits per heavy atom. The molecule has 0 spiro atoms. The second kappa shape index (κ2) is 4.28. The Morgan fingerprint density at radius 3 is 2.71 bits per heavy atom. The van der Waals surface area contributed by atoms with Gasteiger partial charge in [-0.2, -0.15) is 5.10 Å². The zero-order chi connectivity index (χ0) is 9.26. The van der Waals surface area contributed by atoms with E-state index >= 15 is 0 Å². The number of halogens is 1. The maximum atomic E-state index is 5.57. The van der Waals surface area contributed by atoms with Crippen molar-refractivity contribution in [2.45, 2.75) is 13.3 Å². The standard InChI is InChI=1S/C9H12N4.ClH/c1-7-2-3-9(11-6-7)13-5-4-8(10)12-13;/h2-3,6H,4-5H2,1H3,(H2,10,12);1H. The highest BCUT2D eigenvalue weighted by Crippen LogP contribution is 2.15. The lowest BCUT2D eigenvalue weighted by Crippen LogP contribution is -2.13. The van der Waals surface area contributed by atoms with Crippen LogP contribution in [0.3, 0.4) is 0 Å². The van der Waals surface area contributed by atoms with Crippen LogP contribution >= 0.6 is 12.4 Å². The summed E-state index contributed by atoms with van der Waals surface area (Å²) in [5.74, 6) is 1.55. The minimum Gasteiger partial charge on any atom is -0.386 e. The molecule has 2 N–H and O–H groups in total. The van der Waals surface area contributed by atoms with E-state index < -0.39 is 0 Å². The quantitative estimate of drug-likeness (QED) is 0.764. The van der Waals surface area contributed by atoms with Gasteiger partial charge in [-0.15, -0.1) is 12.4 Å². The third kappa shape index (κ3) is 2.14. The molecule has 1 aromatic heterocycles. The number of rotatable bonds is 1. The van der Waals surface area contributed by atoms with Gasteiger partial charge in [0.2, 0.25) is 0 Å². The van der Waals surface area contributed by atoms with E-state index in [0.717, 1.165) is 24.3 Å². The first-order chi connectivity index (χ1) is 6.25. The zero-order valence-electron chi connectivity index (χ0n) is 7.97. The Hall–Kier alpha value is -1.29. The first kappa shape index (κ1) is 10.8. The van der Waals surface area contributed by atoms with Crippen molar-refractivity contribution in [3.05, 3.63) is 23.9 Å². The van der Waals surface area contributed by atoms with Gasteiger partial charge in [-0.1, -0.05) is 6.07 Å². The molecule has 0 bridgehead atoms. The molecule has 76 valence electrons. The SMILES string of the molecule is Cc1ccc(N2CCC(N)=N2)nc1.Cl. The van der Waals surface area contributed by atoms with Gasteiger partial charge in [0.1, 0.15) is 11.7 Å². The van der Waals surface area contributed by atoms with Crippen LogP contribution in [0, 0.1) is 6.92 Å². The third-order valence-electron chi connectivity index (χ3n) is 1.99. The molecular weight excluding hydrogens is 200 g/mol. The van der Waals surface area contributed by atoms with Crippen LogP contribution in [0.4, 0.5) is 5.82 Å². The van der Waals surface area contributed by atoms with E-state index in [1.54, 1.807) is 0 Å². The van der Waals surface area contributed by atoms with Crippen LogP contribution in [0.2, 0.25) is 0 Å². The molecule has 2 heterocycles. The molecule has 4 nitrogen and oxygen atoms in total. The molecule has 14 heavy (non-hydrogen) atoms. The van der Waals surface area contributed by atoms with Crippen LogP contribution in [0.15, 0.2) is 23.4 Å². The molecule has 1 aliphatic rings. The van der Waals surface area contributed by atoms with E-state index in [-0.39, 0.29) is 12.4 Å². The minimum atomic E-state index is 0. The van der Waals surface area contributed by atoms with Crippen molar-refractivity contribution in [3.63, 3.8) is 0 Å². The highest BCUT2D eigenvalue weighted by atomic mass is 35.5. The van der Waals surface area contributed by atoms with Crippen molar-refractivity contribution in [1.82, 2.24) is 4.98 Å². The van der Waals surface area contributed by atoms with Gasteiger partial charge in [0, 0.05) is 12.6 Å². The van der Waals surface area contributed by atoms with E-state index in [1.807, 2.05) is 30.3 Å². The van der Waals surface area contributed by atoms with Gasteiger partial charge in [-0.05, 0) is 18.6 Å². The minimum absolute atomic E-state index is 0. The number of hydrogen-bond donors (Lipinski definition) is 1. The predicted octanol–water partition coefficient (Wildman–Crippen LogP) is 1.29. The van der Waals surface area contributed by atoms with Crippen LogP contribution in [0.5, 0.6) is 0 Å². The van der Waals surface area contributed by atoms with Gasteiger partial charge in [-0.3, -0.25) is 0 Å². The summed E-state index contributed by atoms with van der Waals surface area (Å²) in [5.41, 5.74) is 6.73. The molecule has 2 rings (SSSR count). The summed E-state index contributed by atoms with van der Waals surface area (Å²) in [7, 11) is 0. The van der Waals surface area contributed by atoms with Crippen LogP contribution in [0.1, 0.15) is 12.0 Å². The van der Waals surface area contributed by atoms with Crippen molar-refractivity contribution >= 4 is 24.1 Å². The monoisotopic (exact) mass is 212 g/mol. The summed E-state index contributed by atoms with van der Waals surface area (Å²) < 4.78 is 0. The van der Waals surface area contributed by atoms with E-state index in [4.69, 9.17) is 5.73 Å². The van der Waals surface area contributed by atoms with Crippen LogP contribution in [-0.2, 0) is 0 Å². The molecule has 0 unspecified atom stereocenters. The molecule has 0 aromatic carbocycles. The average Bonchev–Trinajstić information content (AvgIpc) is 2.53. The molecule has 1 aliphatic heterocycles. The van der Waals surface area contributed by atoms with Gasteiger partial charge in [-0.25, -0.2) is 9.99 Å². The van der Waals surface area contributed by atoms with Crippen LogP contribution in [-0.4, -0.2) is 17.4 Å². The number of aryl methyl sites for hydroxylation is 1. The molecule has 1 aromatic rings. The van der Waals surface area contributed by atoms with Crippen LogP contribution in [0.25, 0.3) is 0 Å². The molecule has 0 saturated heterocycles. The Bertz CT molecular complexity index is 333. The Kier molecular flexibility index (Phi) is 3.30. The van der Waals surface area contributed by atoms with Gasteiger partial charge in [0.05, 0.1) is 6.54 Å². The predicted molar refractivity (Wildman–Crippen MR) is 59.8 cm³/mol. The molecule has 0 amide bonds. The first-order valence-corrected chi connectivity index (χ1v) is 4.29. The van der Waals surface area contributed by atoms with Crippen molar-refractivity contribution < 1.29 is 0 Å². The lowest BCUT2D eigenvalue weighted by molar-refractivity contribution is 0.895. The van der Waals surface area contributed by atoms with Gasteiger partial charge >= 0.3 is 0 Å². The normalized spacial score (nSPS) is 14.9. The van der Waals surface area contributed by atoms with Gasteiger partial charge < -0.3 is 5.73 Å². The summed E-state index contributed by atoms with van der Waals surface area (Å²) in [6, 6.07) is 3.98. The molecule has 0 radical (unpaired) electrons. The lowest BCUT2D eigenvalue weighted by Gasteiger charge is -2.11. The summed E-state index contributed by atoms with van der Waals surface area (Å²) in [6.45, 7) is 2.85. The fourth-order valence-corrected chi connectivity index (χ4v) is 1.25. The fourth-order valence-electron chi connectivity index (χ4n) is 1.25. The van der Waals surface area contributed by atoms with E-state index in [2.05, 4.69) is 10.1 Å². The summed E-state index contributed by atoms with van der Waals surface area (Å²) in [6.07, 6.45) is 2.66. The van der Waals surface area contributed by atoms with Crippen molar-refractivity contribution in [3.8, 4) is 0 Å². The topological polar surface area (TPSA) is 54.5 Å². The molecule has 0 atom stereocenters. The lowest BCUT2D eigenvalue weighted by atomic mass is 10.3. The number of amidine groups is 1. The largest absolute Gasteiger partial charge is 0.386 e. The second-order valence-electron chi connectivity index (χ2n) is 3.16. The molecule has 0 fully saturated rings. The van der Waals surface area contributed by atoms with Crippen molar-refractivity contribution in [2.75, 3.05) is 11.6 Å². The average molecular weight is 213 g/mol. The molecule has 0 saturated carbocycles. The Labute approximate surface area is 89.2 Å². The number of aromatic nitrogens is 1. The van der Waals surface area contributed by atoms with E-state index in [9.17, 15) is 0 Å². The highest BCUT2D eigenvalue weighted by molar-refractivity contribution is 5.85. The number of pyridine rings is 1. The fraction of sp³-hybridized carbons (Fsp3) is 0.333. The highest BCUT2D eigenvalue weighted by Gasteiger charge is 2.13. The molecular formula is C9H13ClN4. The van der Waals surface area contributed by atoms with Crippen molar-refractivity contribution in [2.24, 2.45) is 10.8 Å². The molecule has 0 aliphatic carbocycles. The second-order valence-corrected chi connectivity index (χ2v) is 3.16. The Morgan fingerprint density at radius 1 is 1.43 bits per heavy atom. The third-order valence-corrected chi connectivity index (χ3v) is 1.99. The number of anilines is 1. The summed E-state index contributed by atoms with van der Waals surface area (Å²) in [4.78, 5) is 4.26. The number of nitrogens with two attached hydrogens (primary N) is 1. The van der Waals surface area contributed by atoms with E-state index in [1.165, 1.54) is 0 Å².